The Kier molecular flexibility index (Phi) is 5.58. The number of fused-ring (bicyclic) bond motifs is 1. The van der Waals surface area contributed by atoms with Gasteiger partial charge in [-0.15, -0.1) is 0 Å². The van der Waals surface area contributed by atoms with E-state index in [0.717, 1.165) is 16.9 Å². The molecule has 7 nitrogen and oxygen atoms in total. The summed E-state index contributed by atoms with van der Waals surface area (Å²) in [5, 5.41) is 2.84. The van der Waals surface area contributed by atoms with Crippen molar-refractivity contribution in [2.45, 2.75) is 19.4 Å². The van der Waals surface area contributed by atoms with Gasteiger partial charge in [0.05, 0.1) is 18.1 Å². The van der Waals surface area contributed by atoms with E-state index in [-0.39, 0.29) is 18.4 Å². The molecule has 7 heteroatoms. The first-order valence-corrected chi connectivity index (χ1v) is 8.39. The van der Waals surface area contributed by atoms with E-state index in [1.807, 2.05) is 28.8 Å². The minimum Gasteiger partial charge on any atom is -0.468 e. The van der Waals surface area contributed by atoms with Crippen molar-refractivity contribution in [3.63, 3.8) is 0 Å². The van der Waals surface area contributed by atoms with Crippen LogP contribution in [0.5, 0.6) is 0 Å². The van der Waals surface area contributed by atoms with Crippen LogP contribution in [0.3, 0.4) is 0 Å². The number of amides is 1. The van der Waals surface area contributed by atoms with Crippen molar-refractivity contribution in [3.8, 4) is 0 Å². The molecule has 26 heavy (non-hydrogen) atoms. The summed E-state index contributed by atoms with van der Waals surface area (Å²) in [4.78, 5) is 32.3. The van der Waals surface area contributed by atoms with Crippen molar-refractivity contribution in [3.05, 3.63) is 60.2 Å². The lowest BCUT2D eigenvalue weighted by Gasteiger charge is -2.08. The molecule has 3 aromatic rings. The summed E-state index contributed by atoms with van der Waals surface area (Å²) in [6, 6.07) is 12.9. The molecule has 2 heterocycles. The van der Waals surface area contributed by atoms with Crippen LogP contribution in [-0.4, -0.2) is 40.1 Å². The maximum Gasteiger partial charge on any atom is 0.325 e. The Bertz CT molecular complexity index is 906. The Hall–Kier alpha value is -3.22. The summed E-state index contributed by atoms with van der Waals surface area (Å²) in [5.41, 5.74) is 2.12. The van der Waals surface area contributed by atoms with Gasteiger partial charge < -0.3 is 14.6 Å². The maximum absolute atomic E-state index is 12.0. The summed E-state index contributed by atoms with van der Waals surface area (Å²) in [5.74, 6) is 0.273. The summed E-state index contributed by atoms with van der Waals surface area (Å²) in [7, 11) is 1.37. The number of nitrogens with one attached hydrogen (secondary N) is 1. The molecule has 0 aliphatic rings. The van der Waals surface area contributed by atoms with E-state index in [1.54, 1.807) is 24.4 Å². The molecular weight excluding hydrogens is 332 g/mol. The molecule has 2 aromatic heterocycles. The minimum atomic E-state index is -0.321. The minimum absolute atomic E-state index is 0.118. The highest BCUT2D eigenvalue weighted by Gasteiger charge is 2.14. The smallest absolute Gasteiger partial charge is 0.325 e. The Labute approximate surface area is 151 Å². The van der Waals surface area contributed by atoms with Crippen LogP contribution in [0.1, 0.15) is 22.7 Å². The summed E-state index contributed by atoms with van der Waals surface area (Å²) < 4.78 is 6.64. The van der Waals surface area contributed by atoms with Crippen molar-refractivity contribution in [1.82, 2.24) is 19.9 Å². The SMILES string of the molecule is COC(=O)Cn1c(CCCNC(=O)c2ccccn2)nc2ccccc21. The maximum atomic E-state index is 12.0. The Balaban J connectivity index is 1.64. The number of rotatable bonds is 7. The van der Waals surface area contributed by atoms with Crippen molar-refractivity contribution in [2.75, 3.05) is 13.7 Å². The number of esters is 1. The van der Waals surface area contributed by atoms with E-state index in [0.29, 0.717) is 25.1 Å². The van der Waals surface area contributed by atoms with Gasteiger partial charge in [-0.1, -0.05) is 18.2 Å². The van der Waals surface area contributed by atoms with Gasteiger partial charge in [-0.25, -0.2) is 4.98 Å². The molecule has 134 valence electrons. The van der Waals surface area contributed by atoms with E-state index in [1.165, 1.54) is 7.11 Å². The normalized spacial score (nSPS) is 10.7. The molecule has 0 bridgehead atoms. The molecule has 3 rings (SSSR count). The van der Waals surface area contributed by atoms with Crippen molar-refractivity contribution >= 4 is 22.9 Å². The van der Waals surface area contributed by atoms with Crippen LogP contribution in [0.2, 0.25) is 0 Å². The van der Waals surface area contributed by atoms with Crippen LogP contribution in [-0.2, 0) is 22.5 Å². The van der Waals surface area contributed by atoms with Gasteiger partial charge in [0.15, 0.2) is 0 Å². The third kappa shape index (κ3) is 4.05. The topological polar surface area (TPSA) is 86.1 Å². The Morgan fingerprint density at radius 2 is 1.96 bits per heavy atom. The van der Waals surface area contributed by atoms with E-state index < -0.39 is 0 Å². The van der Waals surface area contributed by atoms with Gasteiger partial charge >= 0.3 is 5.97 Å². The van der Waals surface area contributed by atoms with Gasteiger partial charge in [0.2, 0.25) is 0 Å². The van der Waals surface area contributed by atoms with E-state index in [4.69, 9.17) is 4.74 Å². The average molecular weight is 352 g/mol. The largest absolute Gasteiger partial charge is 0.468 e. The second-order valence-electron chi connectivity index (χ2n) is 5.75. The fraction of sp³-hybridized carbons (Fsp3) is 0.263. The lowest BCUT2D eigenvalue weighted by molar-refractivity contribution is -0.141. The fourth-order valence-corrected chi connectivity index (χ4v) is 2.72. The molecule has 0 aliphatic carbocycles. The highest BCUT2D eigenvalue weighted by atomic mass is 16.5. The number of aromatic nitrogens is 3. The molecule has 0 saturated carbocycles. The zero-order valence-electron chi connectivity index (χ0n) is 14.5. The van der Waals surface area contributed by atoms with Gasteiger partial charge in [-0.05, 0) is 30.7 Å². The number of carbonyl (C=O) groups excluding carboxylic acids is 2. The number of imidazole rings is 1. The molecule has 1 N–H and O–H groups in total. The second kappa shape index (κ2) is 8.24. The number of para-hydroxylation sites is 2. The predicted octanol–water partition coefficient (Wildman–Crippen LogP) is 1.97. The van der Waals surface area contributed by atoms with Crippen molar-refractivity contribution < 1.29 is 14.3 Å². The number of pyridine rings is 1. The van der Waals surface area contributed by atoms with Crippen molar-refractivity contribution in [2.24, 2.45) is 0 Å². The third-order valence-corrected chi connectivity index (χ3v) is 4.01. The Morgan fingerprint density at radius 1 is 1.15 bits per heavy atom. The number of ether oxygens (including phenoxy) is 1. The van der Waals surface area contributed by atoms with Crippen LogP contribution >= 0.6 is 0 Å². The zero-order chi connectivity index (χ0) is 18.4. The molecule has 0 saturated heterocycles. The van der Waals surface area contributed by atoms with E-state index in [9.17, 15) is 9.59 Å². The lowest BCUT2D eigenvalue weighted by Crippen LogP contribution is -2.25. The standard InChI is InChI=1S/C19H20N4O3/c1-26-18(24)13-23-16-9-3-2-7-14(16)22-17(23)10-6-12-21-19(25)15-8-4-5-11-20-15/h2-5,7-9,11H,6,10,12-13H2,1H3,(H,21,25). The molecule has 0 spiro atoms. The monoisotopic (exact) mass is 352 g/mol. The number of nitrogens with zero attached hydrogens (tertiary/aromatic N) is 3. The molecule has 0 fully saturated rings. The van der Waals surface area contributed by atoms with Crippen LogP contribution in [0.4, 0.5) is 0 Å². The molecule has 1 amide bonds. The predicted molar refractivity (Wildman–Crippen MR) is 96.6 cm³/mol. The molecule has 0 aliphatic heterocycles. The van der Waals surface area contributed by atoms with Gasteiger partial charge in [0.25, 0.3) is 5.91 Å². The first-order valence-electron chi connectivity index (χ1n) is 8.39. The molecule has 0 atom stereocenters. The quantitative estimate of drug-likeness (QED) is 0.519. The van der Waals surface area contributed by atoms with E-state index in [2.05, 4.69) is 15.3 Å². The number of benzene rings is 1. The Morgan fingerprint density at radius 3 is 2.73 bits per heavy atom. The number of hydrogen-bond donors (Lipinski definition) is 1. The summed E-state index contributed by atoms with van der Waals surface area (Å²) in [6.07, 6.45) is 2.92. The second-order valence-corrected chi connectivity index (χ2v) is 5.75. The molecule has 0 unspecified atom stereocenters. The van der Waals surface area contributed by atoms with Gasteiger partial charge in [0.1, 0.15) is 18.1 Å². The number of methoxy groups -OCH3 is 1. The zero-order valence-corrected chi connectivity index (χ0v) is 14.5. The summed E-state index contributed by atoms with van der Waals surface area (Å²) in [6.45, 7) is 0.615. The van der Waals surface area contributed by atoms with Gasteiger partial charge in [0, 0.05) is 19.2 Å². The number of hydrogen-bond acceptors (Lipinski definition) is 5. The van der Waals surface area contributed by atoms with Crippen molar-refractivity contribution in [1.29, 1.82) is 0 Å². The highest BCUT2D eigenvalue weighted by Crippen LogP contribution is 2.17. The summed E-state index contributed by atoms with van der Waals surface area (Å²) >= 11 is 0. The highest BCUT2D eigenvalue weighted by molar-refractivity contribution is 5.92. The van der Waals surface area contributed by atoms with E-state index >= 15 is 0 Å². The number of aryl methyl sites for hydroxylation is 1. The molecular formula is C19H20N4O3. The van der Waals surface area contributed by atoms with Crippen LogP contribution < -0.4 is 5.32 Å². The van der Waals surface area contributed by atoms with Crippen LogP contribution in [0, 0.1) is 0 Å². The van der Waals surface area contributed by atoms with Crippen LogP contribution in [0.25, 0.3) is 11.0 Å². The lowest BCUT2D eigenvalue weighted by atomic mass is 10.2. The number of carbonyl (C=O) groups is 2. The van der Waals surface area contributed by atoms with Gasteiger partial charge in [-0.3, -0.25) is 14.6 Å². The first-order chi connectivity index (χ1) is 12.7. The first kappa shape index (κ1) is 17.6. The third-order valence-electron chi connectivity index (χ3n) is 4.01. The van der Waals surface area contributed by atoms with Crippen LogP contribution in [0.15, 0.2) is 48.7 Å². The van der Waals surface area contributed by atoms with Gasteiger partial charge in [-0.2, -0.15) is 0 Å². The fourth-order valence-electron chi connectivity index (χ4n) is 2.72. The molecule has 0 radical (unpaired) electrons. The average Bonchev–Trinajstić information content (AvgIpc) is 3.03. The molecule has 1 aromatic carbocycles.